The Balaban J connectivity index is 1.40. The number of benzene rings is 3. The van der Waals surface area contributed by atoms with E-state index < -0.39 is 0 Å². The van der Waals surface area contributed by atoms with Crippen molar-refractivity contribution < 1.29 is 14.3 Å². The topological polar surface area (TPSA) is 85.4 Å². The predicted molar refractivity (Wildman–Crippen MR) is 129 cm³/mol. The minimum Gasteiger partial charge on any atom is -0.493 e. The number of aryl methyl sites for hydroxylation is 1. The summed E-state index contributed by atoms with van der Waals surface area (Å²) in [7, 11) is 3.12. The molecule has 0 radical (unpaired) electrons. The van der Waals surface area contributed by atoms with Crippen LogP contribution in [0.5, 0.6) is 11.5 Å². The molecule has 0 unspecified atom stereocenters. The van der Waals surface area contributed by atoms with Crippen LogP contribution < -0.4 is 20.1 Å². The Morgan fingerprint density at radius 2 is 1.45 bits per heavy atom. The van der Waals surface area contributed by atoms with E-state index in [2.05, 4.69) is 20.8 Å². The highest BCUT2D eigenvalue weighted by Gasteiger charge is 2.10. The van der Waals surface area contributed by atoms with Gasteiger partial charge in [-0.1, -0.05) is 29.8 Å². The molecule has 4 aromatic rings. The van der Waals surface area contributed by atoms with Gasteiger partial charge in [0.2, 0.25) is 0 Å². The first kappa shape index (κ1) is 21.8. The van der Waals surface area contributed by atoms with E-state index in [9.17, 15) is 4.79 Å². The second-order valence-corrected chi connectivity index (χ2v) is 7.40. The second-order valence-electron chi connectivity index (χ2n) is 7.40. The molecular weight excluding hydrogens is 416 g/mol. The molecule has 3 aromatic carbocycles. The van der Waals surface area contributed by atoms with Crippen LogP contribution in [0.15, 0.2) is 78.9 Å². The van der Waals surface area contributed by atoms with Crippen molar-refractivity contribution in [3.63, 3.8) is 0 Å². The van der Waals surface area contributed by atoms with Gasteiger partial charge in [0, 0.05) is 28.6 Å². The Bertz CT molecular complexity index is 1240. The molecular formula is C26H24N4O3. The van der Waals surface area contributed by atoms with Crippen LogP contribution in [0.3, 0.4) is 0 Å². The van der Waals surface area contributed by atoms with Gasteiger partial charge in [0.25, 0.3) is 5.91 Å². The van der Waals surface area contributed by atoms with Crippen molar-refractivity contribution in [3.8, 4) is 22.8 Å². The summed E-state index contributed by atoms with van der Waals surface area (Å²) in [6.45, 7) is 2.05. The van der Waals surface area contributed by atoms with Crippen molar-refractivity contribution in [2.45, 2.75) is 6.92 Å². The zero-order chi connectivity index (χ0) is 23.2. The fourth-order valence-electron chi connectivity index (χ4n) is 3.25. The van der Waals surface area contributed by atoms with E-state index in [4.69, 9.17) is 9.47 Å². The highest BCUT2D eigenvalue weighted by molar-refractivity contribution is 6.04. The van der Waals surface area contributed by atoms with Gasteiger partial charge < -0.3 is 20.1 Å². The van der Waals surface area contributed by atoms with Crippen molar-refractivity contribution in [1.82, 2.24) is 10.2 Å². The molecule has 0 bridgehead atoms. The normalized spacial score (nSPS) is 10.4. The molecule has 2 N–H and O–H groups in total. The first-order valence-electron chi connectivity index (χ1n) is 10.4. The summed E-state index contributed by atoms with van der Waals surface area (Å²) in [4.78, 5) is 12.6. The highest BCUT2D eigenvalue weighted by atomic mass is 16.5. The number of rotatable bonds is 7. The molecule has 33 heavy (non-hydrogen) atoms. The molecule has 1 heterocycles. The third-order valence-corrected chi connectivity index (χ3v) is 5.07. The van der Waals surface area contributed by atoms with Gasteiger partial charge in [0.05, 0.1) is 19.9 Å². The molecule has 0 aliphatic carbocycles. The van der Waals surface area contributed by atoms with Crippen LogP contribution in [-0.2, 0) is 0 Å². The number of nitrogens with zero attached hydrogens (tertiary/aromatic N) is 2. The maximum atomic E-state index is 12.6. The first-order valence-corrected chi connectivity index (χ1v) is 10.4. The van der Waals surface area contributed by atoms with E-state index >= 15 is 0 Å². The lowest BCUT2D eigenvalue weighted by Crippen LogP contribution is -2.12. The lowest BCUT2D eigenvalue weighted by Gasteiger charge is -2.11. The summed E-state index contributed by atoms with van der Waals surface area (Å²) in [5.41, 5.74) is 4.97. The SMILES string of the molecule is COc1ccc(NC(=O)c2ccc(Nc3ccc(-c4ccc(C)cc4)nn3)cc2)cc1OC. The van der Waals surface area contributed by atoms with Crippen molar-refractivity contribution in [2.75, 3.05) is 24.9 Å². The molecule has 4 rings (SSSR count). The minimum absolute atomic E-state index is 0.226. The van der Waals surface area contributed by atoms with Gasteiger partial charge in [-0.2, -0.15) is 0 Å². The molecule has 0 fully saturated rings. The fraction of sp³-hybridized carbons (Fsp3) is 0.115. The summed E-state index contributed by atoms with van der Waals surface area (Å²) in [6, 6.07) is 24.3. The molecule has 0 aliphatic rings. The fourth-order valence-corrected chi connectivity index (χ4v) is 3.25. The van der Waals surface area contributed by atoms with Gasteiger partial charge >= 0.3 is 0 Å². The number of amides is 1. The molecule has 0 saturated heterocycles. The Morgan fingerprint density at radius 3 is 2.09 bits per heavy atom. The third kappa shape index (κ3) is 5.27. The number of ether oxygens (including phenoxy) is 2. The van der Waals surface area contributed by atoms with E-state index in [0.717, 1.165) is 16.9 Å². The molecule has 7 heteroatoms. The van der Waals surface area contributed by atoms with E-state index in [1.54, 1.807) is 44.6 Å². The lowest BCUT2D eigenvalue weighted by molar-refractivity contribution is 0.102. The minimum atomic E-state index is -0.226. The van der Waals surface area contributed by atoms with Crippen LogP contribution in [0.25, 0.3) is 11.3 Å². The average Bonchev–Trinajstić information content (AvgIpc) is 2.85. The lowest BCUT2D eigenvalue weighted by atomic mass is 10.1. The van der Waals surface area contributed by atoms with Crippen LogP contribution in [-0.4, -0.2) is 30.3 Å². The zero-order valence-corrected chi connectivity index (χ0v) is 18.6. The molecule has 166 valence electrons. The Labute approximate surface area is 192 Å². The number of nitrogens with one attached hydrogen (secondary N) is 2. The molecule has 1 amide bonds. The van der Waals surface area contributed by atoms with Gasteiger partial charge in [-0.05, 0) is 55.5 Å². The summed E-state index contributed by atoms with van der Waals surface area (Å²) in [5.74, 6) is 1.54. The monoisotopic (exact) mass is 440 g/mol. The molecule has 0 aliphatic heterocycles. The first-order chi connectivity index (χ1) is 16.1. The van der Waals surface area contributed by atoms with Crippen LogP contribution >= 0.6 is 0 Å². The average molecular weight is 441 g/mol. The number of anilines is 3. The maximum Gasteiger partial charge on any atom is 0.255 e. The van der Waals surface area contributed by atoms with Gasteiger partial charge in [0.1, 0.15) is 0 Å². The number of hydrogen-bond acceptors (Lipinski definition) is 6. The number of methoxy groups -OCH3 is 2. The second kappa shape index (κ2) is 9.82. The van der Waals surface area contributed by atoms with Crippen LogP contribution in [0.4, 0.5) is 17.2 Å². The standard InChI is InChI=1S/C26H24N4O3/c1-17-4-6-18(7-5-17)22-13-15-25(30-29-22)27-20-10-8-19(9-11-20)26(31)28-21-12-14-23(32-2)24(16-21)33-3/h4-16H,1-3H3,(H,27,30)(H,28,31). The highest BCUT2D eigenvalue weighted by Crippen LogP contribution is 2.30. The maximum absolute atomic E-state index is 12.6. The van der Waals surface area contributed by atoms with Crippen molar-refractivity contribution >= 4 is 23.1 Å². The number of aromatic nitrogens is 2. The van der Waals surface area contributed by atoms with Crippen LogP contribution in [0, 0.1) is 6.92 Å². The summed E-state index contributed by atoms with van der Waals surface area (Å²) < 4.78 is 10.5. The zero-order valence-electron chi connectivity index (χ0n) is 18.6. The Hall–Kier alpha value is -4.39. The Morgan fingerprint density at radius 1 is 0.758 bits per heavy atom. The van der Waals surface area contributed by atoms with Crippen molar-refractivity contribution in [3.05, 3.63) is 90.0 Å². The van der Waals surface area contributed by atoms with Crippen LogP contribution in [0.1, 0.15) is 15.9 Å². The molecule has 7 nitrogen and oxygen atoms in total. The third-order valence-electron chi connectivity index (χ3n) is 5.07. The van der Waals surface area contributed by atoms with E-state index in [0.29, 0.717) is 28.6 Å². The van der Waals surface area contributed by atoms with Crippen LogP contribution in [0.2, 0.25) is 0 Å². The summed E-state index contributed by atoms with van der Waals surface area (Å²) in [5, 5.41) is 14.6. The summed E-state index contributed by atoms with van der Waals surface area (Å²) >= 11 is 0. The quantitative estimate of drug-likeness (QED) is 0.397. The van der Waals surface area contributed by atoms with Crippen molar-refractivity contribution in [1.29, 1.82) is 0 Å². The van der Waals surface area contributed by atoms with Gasteiger partial charge in [-0.25, -0.2) is 0 Å². The predicted octanol–water partition coefficient (Wildman–Crippen LogP) is 5.47. The number of carbonyl (C=O) groups excluding carboxylic acids is 1. The van der Waals surface area contributed by atoms with E-state index in [-0.39, 0.29) is 5.91 Å². The molecule has 0 spiro atoms. The van der Waals surface area contributed by atoms with E-state index in [1.165, 1.54) is 5.56 Å². The number of carbonyl (C=O) groups is 1. The smallest absolute Gasteiger partial charge is 0.255 e. The Kier molecular flexibility index (Phi) is 6.50. The van der Waals surface area contributed by atoms with Gasteiger partial charge in [-0.15, -0.1) is 10.2 Å². The molecule has 0 atom stereocenters. The van der Waals surface area contributed by atoms with Gasteiger partial charge in [0.15, 0.2) is 17.3 Å². The largest absolute Gasteiger partial charge is 0.493 e. The molecule has 1 aromatic heterocycles. The van der Waals surface area contributed by atoms with Crippen molar-refractivity contribution in [2.24, 2.45) is 0 Å². The number of hydrogen-bond donors (Lipinski definition) is 2. The van der Waals surface area contributed by atoms with E-state index in [1.807, 2.05) is 55.5 Å². The summed E-state index contributed by atoms with van der Waals surface area (Å²) in [6.07, 6.45) is 0. The molecule has 0 saturated carbocycles. The van der Waals surface area contributed by atoms with Gasteiger partial charge in [-0.3, -0.25) is 4.79 Å².